The van der Waals surface area contributed by atoms with Gasteiger partial charge < -0.3 is 9.80 Å². The number of hydrogen-bond donors (Lipinski definition) is 0. The molecule has 0 aliphatic carbocycles. The summed E-state index contributed by atoms with van der Waals surface area (Å²) >= 11 is 0. The van der Waals surface area contributed by atoms with Crippen LogP contribution in [-0.4, -0.2) is 59.4 Å². The number of anilines is 1. The third-order valence-electron chi connectivity index (χ3n) is 4.20. The smallest absolute Gasteiger partial charge is 0.172 e. The van der Waals surface area contributed by atoms with E-state index in [1.807, 2.05) is 19.1 Å². The second kappa shape index (κ2) is 6.27. The second-order valence-corrected chi connectivity index (χ2v) is 5.61. The van der Waals surface area contributed by atoms with Crippen molar-refractivity contribution in [3.8, 4) is 5.69 Å². The lowest BCUT2D eigenvalue weighted by molar-refractivity contribution is 0.111. The molecule has 1 saturated heterocycles. The molecule has 116 valence electrons. The lowest BCUT2D eigenvalue weighted by Gasteiger charge is -2.34. The summed E-state index contributed by atoms with van der Waals surface area (Å²) in [5.41, 5.74) is 3.44. The Balaban J connectivity index is 1.82. The monoisotopic (exact) mass is 299 g/mol. The minimum atomic E-state index is 0.422. The van der Waals surface area contributed by atoms with Crippen molar-refractivity contribution in [1.82, 2.24) is 19.9 Å². The van der Waals surface area contributed by atoms with Crippen molar-refractivity contribution in [2.75, 3.05) is 38.1 Å². The van der Waals surface area contributed by atoms with E-state index in [2.05, 4.69) is 39.3 Å². The molecule has 1 aliphatic heterocycles. The molecule has 0 unspecified atom stereocenters. The van der Waals surface area contributed by atoms with E-state index in [4.69, 9.17) is 0 Å². The fourth-order valence-electron chi connectivity index (χ4n) is 2.81. The van der Waals surface area contributed by atoms with Crippen LogP contribution in [0.15, 0.2) is 24.3 Å². The number of likely N-dealkylation sites (N-methyl/N-ethyl adjacent to an activating group) is 1. The lowest BCUT2D eigenvalue weighted by Crippen LogP contribution is -2.44. The highest BCUT2D eigenvalue weighted by Crippen LogP contribution is 2.20. The molecule has 2 heterocycles. The van der Waals surface area contributed by atoms with Crippen LogP contribution < -0.4 is 4.90 Å². The molecule has 2 aromatic rings. The van der Waals surface area contributed by atoms with E-state index in [1.165, 1.54) is 5.69 Å². The Bertz CT molecular complexity index is 641. The lowest BCUT2D eigenvalue weighted by atomic mass is 10.2. The first-order valence-corrected chi connectivity index (χ1v) is 7.66. The van der Waals surface area contributed by atoms with Crippen LogP contribution in [0, 0.1) is 0 Å². The summed E-state index contributed by atoms with van der Waals surface area (Å²) in [5, 5.41) is 8.03. The summed E-state index contributed by atoms with van der Waals surface area (Å²) in [6.45, 7) is 6.28. The van der Waals surface area contributed by atoms with Crippen LogP contribution in [0.1, 0.15) is 23.1 Å². The summed E-state index contributed by atoms with van der Waals surface area (Å²) in [5.74, 6) is 0. The van der Waals surface area contributed by atoms with Crippen LogP contribution in [0.3, 0.4) is 0 Å². The predicted octanol–water partition coefficient (Wildman–Crippen LogP) is 1.39. The van der Waals surface area contributed by atoms with Gasteiger partial charge >= 0.3 is 0 Å². The van der Waals surface area contributed by atoms with E-state index < -0.39 is 0 Å². The number of carbonyl (C=O) groups excluding carboxylic acids is 1. The summed E-state index contributed by atoms with van der Waals surface area (Å²) in [7, 11) is 2.15. The zero-order valence-electron chi connectivity index (χ0n) is 13.1. The van der Waals surface area contributed by atoms with Gasteiger partial charge in [-0.25, -0.2) is 4.68 Å². The molecule has 0 N–H and O–H groups in total. The van der Waals surface area contributed by atoms with Crippen molar-refractivity contribution in [3.05, 3.63) is 35.7 Å². The molecule has 0 radical (unpaired) electrons. The average molecular weight is 299 g/mol. The maximum Gasteiger partial charge on any atom is 0.172 e. The zero-order chi connectivity index (χ0) is 15.5. The number of hydrogen-bond acceptors (Lipinski definition) is 5. The van der Waals surface area contributed by atoms with Gasteiger partial charge in [-0.1, -0.05) is 12.1 Å². The maximum absolute atomic E-state index is 11.0. The number of aromatic nitrogens is 3. The van der Waals surface area contributed by atoms with E-state index in [9.17, 15) is 4.79 Å². The number of carbonyl (C=O) groups is 1. The van der Waals surface area contributed by atoms with Crippen LogP contribution >= 0.6 is 0 Å². The molecule has 0 saturated carbocycles. The molecule has 0 bridgehead atoms. The molecule has 0 atom stereocenters. The highest BCUT2D eigenvalue weighted by molar-refractivity contribution is 5.73. The fraction of sp³-hybridized carbons (Fsp3) is 0.438. The van der Waals surface area contributed by atoms with Gasteiger partial charge in [-0.15, -0.1) is 5.10 Å². The van der Waals surface area contributed by atoms with E-state index >= 15 is 0 Å². The second-order valence-electron chi connectivity index (χ2n) is 5.61. The summed E-state index contributed by atoms with van der Waals surface area (Å²) in [6.07, 6.45) is 1.49. The Morgan fingerprint density at radius 3 is 2.32 bits per heavy atom. The molecule has 22 heavy (non-hydrogen) atoms. The van der Waals surface area contributed by atoms with Crippen molar-refractivity contribution in [2.24, 2.45) is 0 Å². The van der Waals surface area contributed by atoms with Crippen molar-refractivity contribution in [3.63, 3.8) is 0 Å². The third kappa shape index (κ3) is 2.74. The van der Waals surface area contributed by atoms with E-state index in [-0.39, 0.29) is 0 Å². The van der Waals surface area contributed by atoms with Gasteiger partial charge in [-0.3, -0.25) is 4.79 Å². The van der Waals surface area contributed by atoms with Gasteiger partial charge in [-0.2, -0.15) is 0 Å². The summed E-state index contributed by atoms with van der Waals surface area (Å²) in [4.78, 5) is 15.7. The van der Waals surface area contributed by atoms with Crippen LogP contribution in [0.5, 0.6) is 0 Å². The van der Waals surface area contributed by atoms with Crippen molar-refractivity contribution in [2.45, 2.75) is 13.3 Å². The first-order chi connectivity index (χ1) is 10.7. The third-order valence-corrected chi connectivity index (χ3v) is 4.20. The highest BCUT2D eigenvalue weighted by atomic mass is 16.1. The van der Waals surface area contributed by atoms with Crippen LogP contribution in [-0.2, 0) is 6.42 Å². The standard InChI is InChI=1S/C16H21N5O/c1-3-16-15(12-22)17-18-21(16)14-6-4-13(5-7-14)20-10-8-19(2)9-11-20/h4-7,12H,3,8-11H2,1-2H3. The molecule has 6 heteroatoms. The number of nitrogens with zero attached hydrogens (tertiary/aromatic N) is 5. The zero-order valence-corrected chi connectivity index (χ0v) is 13.1. The fourth-order valence-corrected chi connectivity index (χ4v) is 2.81. The Morgan fingerprint density at radius 2 is 1.73 bits per heavy atom. The van der Waals surface area contributed by atoms with E-state index in [0.29, 0.717) is 5.69 Å². The van der Waals surface area contributed by atoms with Crippen molar-refractivity contribution in [1.29, 1.82) is 0 Å². The predicted molar refractivity (Wildman–Crippen MR) is 85.8 cm³/mol. The van der Waals surface area contributed by atoms with Gasteiger partial charge in [0.2, 0.25) is 0 Å². The molecule has 1 aromatic heterocycles. The molecule has 1 aromatic carbocycles. The largest absolute Gasteiger partial charge is 0.369 e. The van der Waals surface area contributed by atoms with Gasteiger partial charge in [0.15, 0.2) is 6.29 Å². The first kappa shape index (κ1) is 14.7. The summed E-state index contributed by atoms with van der Waals surface area (Å²) in [6, 6.07) is 8.30. The molecule has 6 nitrogen and oxygen atoms in total. The topological polar surface area (TPSA) is 54.3 Å². The molecular weight excluding hydrogens is 278 g/mol. The minimum absolute atomic E-state index is 0.422. The highest BCUT2D eigenvalue weighted by Gasteiger charge is 2.15. The summed E-state index contributed by atoms with van der Waals surface area (Å²) < 4.78 is 1.75. The Labute approximate surface area is 130 Å². The minimum Gasteiger partial charge on any atom is -0.369 e. The molecular formula is C16H21N5O. The normalized spacial score (nSPS) is 16.0. The van der Waals surface area contributed by atoms with Crippen molar-refractivity contribution >= 4 is 12.0 Å². The molecule has 0 spiro atoms. The Kier molecular flexibility index (Phi) is 4.20. The number of piperazine rings is 1. The SMILES string of the molecule is CCc1c(C=O)nnn1-c1ccc(N2CCN(C)CC2)cc1. The molecule has 1 aliphatic rings. The van der Waals surface area contributed by atoms with Crippen LogP contribution in [0.25, 0.3) is 5.69 Å². The van der Waals surface area contributed by atoms with Crippen LogP contribution in [0.2, 0.25) is 0 Å². The van der Waals surface area contributed by atoms with Gasteiger partial charge in [0.25, 0.3) is 0 Å². The molecule has 3 rings (SSSR count). The average Bonchev–Trinajstić information content (AvgIpc) is 2.98. The van der Waals surface area contributed by atoms with Gasteiger partial charge in [0.05, 0.1) is 11.4 Å². The van der Waals surface area contributed by atoms with Gasteiger partial charge in [0.1, 0.15) is 5.69 Å². The maximum atomic E-state index is 11.0. The molecule has 1 fully saturated rings. The molecule has 0 amide bonds. The first-order valence-electron chi connectivity index (χ1n) is 7.66. The number of benzene rings is 1. The number of rotatable bonds is 4. The quantitative estimate of drug-likeness (QED) is 0.799. The van der Waals surface area contributed by atoms with Crippen LogP contribution in [0.4, 0.5) is 5.69 Å². The van der Waals surface area contributed by atoms with Gasteiger partial charge in [-0.05, 0) is 37.7 Å². The van der Waals surface area contributed by atoms with E-state index in [1.54, 1.807) is 4.68 Å². The Hall–Kier alpha value is -2.21. The number of aldehydes is 1. The van der Waals surface area contributed by atoms with Crippen molar-refractivity contribution < 1.29 is 4.79 Å². The Morgan fingerprint density at radius 1 is 1.09 bits per heavy atom. The van der Waals surface area contributed by atoms with E-state index in [0.717, 1.165) is 50.3 Å². The van der Waals surface area contributed by atoms with Gasteiger partial charge in [0, 0.05) is 31.9 Å².